The van der Waals surface area contributed by atoms with Gasteiger partial charge < -0.3 is 36.9 Å². The zero-order valence-corrected chi connectivity index (χ0v) is 18.5. The van der Waals surface area contributed by atoms with Crippen LogP contribution in [-0.4, -0.2) is 63.5 Å². The molecule has 8 N–H and O–H groups in total. The number of imidazole rings is 1. The van der Waals surface area contributed by atoms with Crippen LogP contribution in [0.2, 0.25) is 5.02 Å². The molecule has 3 atom stereocenters. The van der Waals surface area contributed by atoms with E-state index in [9.17, 15) is 24.3 Å². The van der Waals surface area contributed by atoms with Gasteiger partial charge in [-0.2, -0.15) is 0 Å². The van der Waals surface area contributed by atoms with Gasteiger partial charge in [-0.05, 0) is 25.1 Å². The number of amides is 3. The summed E-state index contributed by atoms with van der Waals surface area (Å²) >= 11 is 5.99. The number of aliphatic carboxylic acids is 1. The Kier molecular flexibility index (Phi) is 9.18. The Labute approximate surface area is 194 Å². The van der Waals surface area contributed by atoms with Crippen LogP contribution in [0.1, 0.15) is 29.4 Å². The minimum atomic E-state index is -1.45. The number of rotatable bonds is 12. The quantitative estimate of drug-likeness (QED) is 0.235. The molecule has 33 heavy (non-hydrogen) atoms. The number of hydrogen-bond acceptors (Lipinski definition) is 7. The third kappa shape index (κ3) is 8.09. The Morgan fingerprint density at radius 3 is 2.55 bits per heavy atom. The number of hydrogen-bond donors (Lipinski definition) is 6. The topological polar surface area (TPSA) is 203 Å². The van der Waals surface area contributed by atoms with Crippen LogP contribution in [0.5, 0.6) is 5.75 Å². The van der Waals surface area contributed by atoms with Crippen molar-refractivity contribution in [3.05, 3.63) is 47.0 Å². The fraction of sp³-hybridized carbons (Fsp3) is 0.350. The highest BCUT2D eigenvalue weighted by atomic mass is 35.5. The van der Waals surface area contributed by atoms with E-state index in [1.54, 1.807) is 6.92 Å². The van der Waals surface area contributed by atoms with Crippen LogP contribution < -0.4 is 26.8 Å². The van der Waals surface area contributed by atoms with Crippen molar-refractivity contribution in [1.29, 1.82) is 0 Å². The standard InChI is InChI=1S/C20H25ClN6O6/c1-10(22)8-33-16-3-2-11(21)4-13(16)18(29)26-14(6-17(23)28)19(30)27-15(20(31)32)5-12-7-24-9-25-12/h2-4,7,9-10,14-15H,5-6,8,22H2,1H3,(H2,23,28)(H,24,25)(H,26,29)(H,27,30)(H,31,32)/t10-,14-,15-/m0/s1. The molecule has 0 bridgehead atoms. The minimum absolute atomic E-state index is 0.00216. The van der Waals surface area contributed by atoms with Gasteiger partial charge in [-0.1, -0.05) is 11.6 Å². The van der Waals surface area contributed by atoms with Gasteiger partial charge in [-0.15, -0.1) is 0 Å². The second-order valence-corrected chi connectivity index (χ2v) is 7.74. The van der Waals surface area contributed by atoms with Gasteiger partial charge in [-0.25, -0.2) is 9.78 Å². The van der Waals surface area contributed by atoms with Gasteiger partial charge >= 0.3 is 5.97 Å². The maximum absolute atomic E-state index is 12.9. The van der Waals surface area contributed by atoms with Crippen LogP contribution in [0.4, 0.5) is 0 Å². The molecule has 1 aromatic carbocycles. The molecule has 1 heterocycles. The van der Waals surface area contributed by atoms with Crippen molar-refractivity contribution in [2.45, 2.75) is 37.9 Å². The first kappa shape index (κ1) is 25.6. The molecule has 0 radical (unpaired) electrons. The van der Waals surface area contributed by atoms with E-state index < -0.39 is 42.2 Å². The van der Waals surface area contributed by atoms with E-state index >= 15 is 0 Å². The van der Waals surface area contributed by atoms with Crippen molar-refractivity contribution >= 4 is 35.3 Å². The summed E-state index contributed by atoms with van der Waals surface area (Å²) in [7, 11) is 0. The van der Waals surface area contributed by atoms with E-state index in [0.717, 1.165) is 0 Å². The molecule has 0 aliphatic heterocycles. The van der Waals surface area contributed by atoms with Gasteiger partial charge in [-0.3, -0.25) is 14.4 Å². The molecule has 0 fully saturated rings. The summed E-state index contributed by atoms with van der Waals surface area (Å²) in [6, 6.07) is 1.20. The Hall–Kier alpha value is -3.64. The maximum Gasteiger partial charge on any atom is 0.326 e. The van der Waals surface area contributed by atoms with E-state index in [1.807, 2.05) is 0 Å². The van der Waals surface area contributed by atoms with Crippen LogP contribution in [0.25, 0.3) is 0 Å². The summed E-state index contributed by atoms with van der Waals surface area (Å²) < 4.78 is 5.53. The molecule has 0 aliphatic rings. The molecular weight excluding hydrogens is 456 g/mol. The maximum atomic E-state index is 12.9. The molecule has 12 nitrogen and oxygen atoms in total. The number of benzene rings is 1. The summed E-state index contributed by atoms with van der Waals surface area (Å²) in [4.78, 5) is 55.3. The Bertz CT molecular complexity index is 997. The molecule has 0 saturated heterocycles. The largest absolute Gasteiger partial charge is 0.491 e. The first-order valence-corrected chi connectivity index (χ1v) is 10.2. The number of nitrogens with two attached hydrogens (primary N) is 2. The number of primary amides is 1. The molecule has 2 rings (SSSR count). The predicted molar refractivity (Wildman–Crippen MR) is 118 cm³/mol. The average Bonchev–Trinajstić information content (AvgIpc) is 3.24. The molecule has 178 valence electrons. The number of nitrogens with zero attached hydrogens (tertiary/aromatic N) is 1. The zero-order chi connectivity index (χ0) is 24.5. The molecule has 0 saturated carbocycles. The lowest BCUT2D eigenvalue weighted by Crippen LogP contribution is -2.53. The van der Waals surface area contributed by atoms with Gasteiger partial charge in [0, 0.05) is 29.4 Å². The number of carboxylic acid groups (broad SMARTS) is 1. The number of halogens is 1. The number of aromatic amines is 1. The third-order valence-electron chi connectivity index (χ3n) is 4.31. The number of H-pyrrole nitrogens is 1. The second kappa shape index (κ2) is 11.8. The number of aromatic nitrogens is 2. The molecular formula is C20H25ClN6O6. The summed E-state index contributed by atoms with van der Waals surface area (Å²) in [6.45, 7) is 1.83. The number of carbonyl (C=O) groups is 4. The van der Waals surface area contributed by atoms with Gasteiger partial charge in [0.1, 0.15) is 24.4 Å². The lowest BCUT2D eigenvalue weighted by Gasteiger charge is -2.21. The van der Waals surface area contributed by atoms with Gasteiger partial charge in [0.2, 0.25) is 11.8 Å². The van der Waals surface area contributed by atoms with Crippen LogP contribution in [-0.2, 0) is 20.8 Å². The van der Waals surface area contributed by atoms with Crippen molar-refractivity contribution in [3.63, 3.8) is 0 Å². The molecule has 3 amide bonds. The molecule has 13 heteroatoms. The highest BCUT2D eigenvalue weighted by molar-refractivity contribution is 6.31. The first-order valence-electron chi connectivity index (χ1n) is 9.84. The summed E-state index contributed by atoms with van der Waals surface area (Å²) in [5, 5.41) is 14.4. The molecule has 2 aromatic rings. The van der Waals surface area contributed by atoms with Gasteiger partial charge in [0.25, 0.3) is 5.91 Å². The Morgan fingerprint density at radius 2 is 1.97 bits per heavy atom. The fourth-order valence-corrected chi connectivity index (χ4v) is 2.93. The normalized spacial score (nSPS) is 13.4. The number of nitrogens with one attached hydrogen (secondary N) is 3. The van der Waals surface area contributed by atoms with E-state index in [2.05, 4.69) is 20.6 Å². The van der Waals surface area contributed by atoms with Crippen molar-refractivity contribution in [2.24, 2.45) is 11.5 Å². The lowest BCUT2D eigenvalue weighted by molar-refractivity contribution is -0.142. The highest BCUT2D eigenvalue weighted by Gasteiger charge is 2.29. The number of carbonyl (C=O) groups excluding carboxylic acids is 3. The van der Waals surface area contributed by atoms with Crippen LogP contribution >= 0.6 is 11.6 Å². The third-order valence-corrected chi connectivity index (χ3v) is 4.54. The first-order chi connectivity index (χ1) is 15.6. The van der Waals surface area contributed by atoms with Crippen molar-refractivity contribution in [2.75, 3.05) is 6.61 Å². The number of carboxylic acids is 1. The highest BCUT2D eigenvalue weighted by Crippen LogP contribution is 2.23. The Balaban J connectivity index is 2.20. The summed E-state index contributed by atoms with van der Waals surface area (Å²) in [5.74, 6) is -3.72. The predicted octanol–water partition coefficient (Wildman–Crippen LogP) is -0.425. The summed E-state index contributed by atoms with van der Waals surface area (Å²) in [5.41, 5.74) is 11.4. The second-order valence-electron chi connectivity index (χ2n) is 7.31. The van der Waals surface area contributed by atoms with Crippen molar-refractivity contribution in [3.8, 4) is 5.75 Å². The SMILES string of the molecule is C[C@H](N)COc1ccc(Cl)cc1C(=O)N[C@@H](CC(N)=O)C(=O)N[C@@H](Cc1cnc[nH]1)C(=O)O. The molecule has 0 spiro atoms. The monoisotopic (exact) mass is 480 g/mol. The van der Waals surface area contributed by atoms with Gasteiger partial charge in [0.05, 0.1) is 18.3 Å². The zero-order valence-electron chi connectivity index (χ0n) is 17.7. The average molecular weight is 481 g/mol. The van der Waals surface area contributed by atoms with E-state index in [1.165, 1.54) is 30.7 Å². The van der Waals surface area contributed by atoms with Crippen LogP contribution in [0, 0.1) is 0 Å². The van der Waals surface area contributed by atoms with Crippen LogP contribution in [0.15, 0.2) is 30.7 Å². The van der Waals surface area contributed by atoms with E-state index in [-0.39, 0.29) is 35.4 Å². The molecule has 1 aromatic heterocycles. The number of ether oxygens (including phenoxy) is 1. The van der Waals surface area contributed by atoms with Crippen LogP contribution in [0.3, 0.4) is 0 Å². The minimum Gasteiger partial charge on any atom is -0.491 e. The van der Waals surface area contributed by atoms with Crippen molar-refractivity contribution < 1.29 is 29.0 Å². The molecule has 0 unspecified atom stereocenters. The van der Waals surface area contributed by atoms with E-state index in [4.69, 9.17) is 27.8 Å². The van der Waals surface area contributed by atoms with Crippen molar-refractivity contribution in [1.82, 2.24) is 20.6 Å². The fourth-order valence-electron chi connectivity index (χ4n) is 2.76. The Morgan fingerprint density at radius 1 is 1.24 bits per heavy atom. The smallest absolute Gasteiger partial charge is 0.326 e. The molecule has 0 aliphatic carbocycles. The van der Waals surface area contributed by atoms with Gasteiger partial charge in [0.15, 0.2) is 0 Å². The summed E-state index contributed by atoms with van der Waals surface area (Å²) in [6.07, 6.45) is 2.11. The lowest BCUT2D eigenvalue weighted by atomic mass is 10.1. The van der Waals surface area contributed by atoms with E-state index in [0.29, 0.717) is 5.69 Å².